The summed E-state index contributed by atoms with van der Waals surface area (Å²) in [6.45, 7) is 5.93. The maximum Gasteiger partial charge on any atom is 0.268 e. The van der Waals surface area contributed by atoms with E-state index in [1.807, 2.05) is 37.3 Å². The SMILES string of the molecule is Cc1c(C(=O)N[C@H](CCC2CC2)C(=O)Nc2ccccc2)[nH]c2c1C(=O)CC(C)(C)C2. The summed E-state index contributed by atoms with van der Waals surface area (Å²) in [6, 6.07) is 8.64. The number of para-hydroxylation sites is 1. The molecule has 6 heteroatoms. The van der Waals surface area contributed by atoms with Crippen molar-refractivity contribution in [2.45, 2.75) is 65.3 Å². The first-order valence-corrected chi connectivity index (χ1v) is 11.1. The summed E-state index contributed by atoms with van der Waals surface area (Å²) in [7, 11) is 0. The van der Waals surface area contributed by atoms with Gasteiger partial charge in [0.1, 0.15) is 11.7 Å². The fourth-order valence-electron chi connectivity index (χ4n) is 4.52. The number of amides is 2. The number of hydrogen-bond acceptors (Lipinski definition) is 3. The Kier molecular flexibility index (Phi) is 5.73. The Balaban J connectivity index is 1.52. The molecule has 6 nitrogen and oxygen atoms in total. The van der Waals surface area contributed by atoms with Gasteiger partial charge in [0.25, 0.3) is 5.91 Å². The summed E-state index contributed by atoms with van der Waals surface area (Å²) in [5.74, 6) is 0.183. The second kappa shape index (κ2) is 8.33. The molecule has 0 bridgehead atoms. The number of carbonyl (C=O) groups is 3. The van der Waals surface area contributed by atoms with E-state index in [-0.39, 0.29) is 23.0 Å². The van der Waals surface area contributed by atoms with Gasteiger partial charge in [0.15, 0.2) is 5.78 Å². The van der Waals surface area contributed by atoms with Gasteiger partial charge in [-0.25, -0.2) is 0 Å². The molecule has 0 saturated heterocycles. The first-order valence-electron chi connectivity index (χ1n) is 11.1. The highest BCUT2D eigenvalue weighted by molar-refractivity contribution is 6.06. The van der Waals surface area contributed by atoms with Gasteiger partial charge in [0.05, 0.1) is 0 Å². The lowest BCUT2D eigenvalue weighted by Gasteiger charge is -2.28. The Bertz CT molecular complexity index is 1000. The van der Waals surface area contributed by atoms with Gasteiger partial charge in [0, 0.05) is 23.4 Å². The van der Waals surface area contributed by atoms with Crippen LogP contribution in [0.25, 0.3) is 0 Å². The molecule has 0 aliphatic heterocycles. The number of rotatable bonds is 7. The molecule has 4 rings (SSSR count). The molecule has 1 aromatic carbocycles. The molecule has 0 spiro atoms. The Labute approximate surface area is 183 Å². The molecule has 1 atom stereocenters. The second-order valence-corrected chi connectivity index (χ2v) is 9.82. The minimum absolute atomic E-state index is 0.0751. The van der Waals surface area contributed by atoms with Crippen molar-refractivity contribution in [3.63, 3.8) is 0 Å². The molecule has 2 aliphatic carbocycles. The van der Waals surface area contributed by atoms with Crippen molar-refractivity contribution in [1.29, 1.82) is 0 Å². The van der Waals surface area contributed by atoms with E-state index in [1.165, 1.54) is 12.8 Å². The van der Waals surface area contributed by atoms with Crippen LogP contribution in [-0.4, -0.2) is 28.6 Å². The minimum Gasteiger partial charge on any atom is -0.354 e. The van der Waals surface area contributed by atoms with Crippen molar-refractivity contribution in [2.75, 3.05) is 5.32 Å². The number of aromatic amines is 1. The third-order valence-electron chi connectivity index (χ3n) is 6.35. The van der Waals surface area contributed by atoms with Gasteiger partial charge in [-0.1, -0.05) is 44.9 Å². The Morgan fingerprint density at radius 2 is 1.87 bits per heavy atom. The Morgan fingerprint density at radius 3 is 2.55 bits per heavy atom. The zero-order chi connectivity index (χ0) is 22.2. The van der Waals surface area contributed by atoms with Crippen molar-refractivity contribution >= 4 is 23.3 Å². The smallest absolute Gasteiger partial charge is 0.268 e. The second-order valence-electron chi connectivity index (χ2n) is 9.82. The molecule has 2 aliphatic rings. The van der Waals surface area contributed by atoms with Crippen molar-refractivity contribution in [3.8, 4) is 0 Å². The minimum atomic E-state index is -0.625. The van der Waals surface area contributed by atoms with Crippen LogP contribution in [0, 0.1) is 18.3 Å². The molecular weight excluding hydrogens is 390 g/mol. The largest absolute Gasteiger partial charge is 0.354 e. The van der Waals surface area contributed by atoms with E-state index in [1.54, 1.807) is 0 Å². The van der Waals surface area contributed by atoms with Crippen LogP contribution in [0.2, 0.25) is 0 Å². The van der Waals surface area contributed by atoms with Gasteiger partial charge in [-0.3, -0.25) is 14.4 Å². The molecule has 2 amide bonds. The highest BCUT2D eigenvalue weighted by Crippen LogP contribution is 2.37. The zero-order valence-corrected chi connectivity index (χ0v) is 18.5. The highest BCUT2D eigenvalue weighted by Gasteiger charge is 2.36. The number of carbonyl (C=O) groups excluding carboxylic acids is 3. The van der Waals surface area contributed by atoms with Gasteiger partial charge < -0.3 is 15.6 Å². The molecule has 3 N–H and O–H groups in total. The number of H-pyrrole nitrogens is 1. The van der Waals surface area contributed by atoms with Gasteiger partial charge in [-0.15, -0.1) is 0 Å². The van der Waals surface area contributed by atoms with Crippen LogP contribution in [0.15, 0.2) is 30.3 Å². The van der Waals surface area contributed by atoms with Crippen LogP contribution in [-0.2, 0) is 11.2 Å². The van der Waals surface area contributed by atoms with Crippen molar-refractivity contribution < 1.29 is 14.4 Å². The lowest BCUT2D eigenvalue weighted by molar-refractivity contribution is -0.118. The quantitative estimate of drug-likeness (QED) is 0.619. The maximum atomic E-state index is 13.1. The summed E-state index contributed by atoms with van der Waals surface area (Å²) in [6.07, 6.45) is 5.11. The summed E-state index contributed by atoms with van der Waals surface area (Å²) in [5.41, 5.74) is 3.12. The molecule has 164 valence electrons. The highest BCUT2D eigenvalue weighted by atomic mass is 16.2. The number of benzene rings is 1. The summed E-state index contributed by atoms with van der Waals surface area (Å²) in [5, 5.41) is 5.83. The average molecular weight is 422 g/mol. The number of Topliss-reactive ketones (excluding diaryl/α,β-unsaturated/α-hetero) is 1. The van der Waals surface area contributed by atoms with Crippen LogP contribution in [0.5, 0.6) is 0 Å². The van der Waals surface area contributed by atoms with Crippen LogP contribution < -0.4 is 10.6 Å². The van der Waals surface area contributed by atoms with E-state index in [0.29, 0.717) is 41.3 Å². The number of aromatic nitrogens is 1. The first-order chi connectivity index (χ1) is 14.7. The van der Waals surface area contributed by atoms with Gasteiger partial charge in [-0.05, 0) is 55.2 Å². The van der Waals surface area contributed by atoms with Crippen LogP contribution in [0.3, 0.4) is 0 Å². The van der Waals surface area contributed by atoms with E-state index in [2.05, 4.69) is 29.5 Å². The standard InChI is InChI=1S/C25H31N3O3/c1-15-21-19(13-25(2,3)14-20(21)29)27-22(15)24(31)28-18(12-11-16-9-10-16)23(30)26-17-7-5-4-6-8-17/h4-8,16,18,27H,9-14H2,1-3H3,(H,26,30)(H,28,31)/t18-/m1/s1. The summed E-state index contributed by atoms with van der Waals surface area (Å²) in [4.78, 5) is 41.9. The average Bonchev–Trinajstić information content (AvgIpc) is 3.47. The van der Waals surface area contributed by atoms with Crippen LogP contribution >= 0.6 is 0 Å². The lowest BCUT2D eigenvalue weighted by atomic mass is 9.75. The molecule has 1 fully saturated rings. The lowest BCUT2D eigenvalue weighted by Crippen LogP contribution is -2.44. The normalized spacial score (nSPS) is 18.2. The predicted octanol–water partition coefficient (Wildman–Crippen LogP) is 4.41. The fraction of sp³-hybridized carbons (Fsp3) is 0.480. The number of anilines is 1. The predicted molar refractivity (Wildman–Crippen MR) is 120 cm³/mol. The van der Waals surface area contributed by atoms with Crippen molar-refractivity contribution in [1.82, 2.24) is 10.3 Å². The molecule has 31 heavy (non-hydrogen) atoms. The number of nitrogens with one attached hydrogen (secondary N) is 3. The van der Waals surface area contributed by atoms with Gasteiger partial charge in [-0.2, -0.15) is 0 Å². The molecule has 1 heterocycles. The monoisotopic (exact) mass is 421 g/mol. The van der Waals surface area contributed by atoms with Crippen molar-refractivity contribution in [3.05, 3.63) is 52.8 Å². The third kappa shape index (κ3) is 4.89. The Hall–Kier alpha value is -2.89. The summed E-state index contributed by atoms with van der Waals surface area (Å²) < 4.78 is 0. The number of hydrogen-bond donors (Lipinski definition) is 3. The van der Waals surface area contributed by atoms with Gasteiger partial charge >= 0.3 is 0 Å². The topological polar surface area (TPSA) is 91.1 Å². The molecule has 0 unspecified atom stereocenters. The van der Waals surface area contributed by atoms with E-state index >= 15 is 0 Å². The van der Waals surface area contributed by atoms with E-state index in [0.717, 1.165) is 18.5 Å². The first kappa shape index (κ1) is 21.3. The molecule has 1 saturated carbocycles. The molecule has 2 aromatic rings. The van der Waals surface area contributed by atoms with Crippen LogP contribution in [0.4, 0.5) is 5.69 Å². The summed E-state index contributed by atoms with van der Waals surface area (Å²) >= 11 is 0. The van der Waals surface area contributed by atoms with Crippen LogP contribution in [0.1, 0.15) is 78.1 Å². The van der Waals surface area contributed by atoms with Gasteiger partial charge in [0.2, 0.25) is 5.91 Å². The third-order valence-corrected chi connectivity index (χ3v) is 6.35. The number of fused-ring (bicyclic) bond motifs is 1. The molecule has 0 radical (unpaired) electrons. The Morgan fingerprint density at radius 1 is 1.16 bits per heavy atom. The molecular formula is C25H31N3O3. The molecule has 1 aromatic heterocycles. The van der Waals surface area contributed by atoms with E-state index < -0.39 is 6.04 Å². The maximum absolute atomic E-state index is 13.1. The fourth-order valence-corrected chi connectivity index (χ4v) is 4.52. The van der Waals surface area contributed by atoms with E-state index in [9.17, 15) is 14.4 Å². The van der Waals surface area contributed by atoms with Crippen molar-refractivity contribution in [2.24, 2.45) is 11.3 Å². The van der Waals surface area contributed by atoms with E-state index in [4.69, 9.17) is 0 Å². The zero-order valence-electron chi connectivity index (χ0n) is 18.5. The number of ketones is 1.